The lowest BCUT2D eigenvalue weighted by Crippen LogP contribution is -2.08. The second-order valence-corrected chi connectivity index (χ2v) is 3.83. The summed E-state index contributed by atoms with van der Waals surface area (Å²) in [5.41, 5.74) is 9.96. The molecular weight excluding hydrogens is 170 g/mol. The van der Waals surface area contributed by atoms with Crippen LogP contribution in [0.2, 0.25) is 0 Å². The fraction of sp³-hybridized carbons (Fsp3) is 0.462. The molecule has 0 bridgehead atoms. The molecule has 0 amide bonds. The largest absolute Gasteiger partial charge is 0.323 e. The monoisotopic (exact) mass is 190 g/mol. The lowest BCUT2D eigenvalue weighted by Gasteiger charge is -2.10. The summed E-state index contributed by atoms with van der Waals surface area (Å²) in [6.45, 7) is 6.38. The Kier molecular flexibility index (Phi) is 4.15. The average Bonchev–Trinajstić information content (AvgIpc) is 2.16. The van der Waals surface area contributed by atoms with E-state index in [1.165, 1.54) is 16.7 Å². The average molecular weight is 190 g/mol. The van der Waals surface area contributed by atoms with Crippen LogP contribution < -0.4 is 5.73 Å². The van der Waals surface area contributed by atoms with E-state index < -0.39 is 0 Å². The molecule has 1 aromatic rings. The molecule has 77 valence electrons. The van der Waals surface area contributed by atoms with Crippen LogP contribution in [0.25, 0.3) is 0 Å². The molecule has 0 unspecified atom stereocenters. The van der Waals surface area contributed by atoms with E-state index in [0.29, 0.717) is 0 Å². The maximum absolute atomic E-state index is 5.70. The summed E-state index contributed by atoms with van der Waals surface area (Å²) in [4.78, 5) is 0. The number of aryl methyl sites for hydroxylation is 2. The van der Waals surface area contributed by atoms with Crippen molar-refractivity contribution in [2.24, 2.45) is 5.73 Å². The molecule has 2 N–H and O–H groups in total. The van der Waals surface area contributed by atoms with Crippen LogP contribution in [0.1, 0.15) is 37.5 Å². The van der Waals surface area contributed by atoms with Crippen LogP contribution in [-0.4, -0.2) is 0 Å². The highest BCUT2D eigenvalue weighted by Gasteiger charge is 2.03. The first-order valence-corrected chi connectivity index (χ1v) is 5.36. The van der Waals surface area contributed by atoms with Crippen molar-refractivity contribution in [2.45, 2.75) is 40.0 Å². The minimum Gasteiger partial charge on any atom is -0.323 e. The fourth-order valence-electron chi connectivity index (χ4n) is 1.79. The highest BCUT2D eigenvalue weighted by Crippen LogP contribution is 2.15. The normalized spacial score (nSPS) is 10.9. The zero-order chi connectivity index (χ0) is 10.6. The summed E-state index contributed by atoms with van der Waals surface area (Å²) >= 11 is 0. The van der Waals surface area contributed by atoms with Gasteiger partial charge in [-0.15, -0.1) is 0 Å². The van der Waals surface area contributed by atoms with Gasteiger partial charge in [0.25, 0.3) is 0 Å². The summed E-state index contributed by atoms with van der Waals surface area (Å²) in [5.74, 6) is 0. The van der Waals surface area contributed by atoms with Gasteiger partial charge < -0.3 is 5.73 Å². The van der Waals surface area contributed by atoms with E-state index in [4.69, 9.17) is 5.73 Å². The third kappa shape index (κ3) is 2.85. The predicted molar refractivity (Wildman–Crippen MR) is 62.0 cm³/mol. The first-order chi connectivity index (χ1) is 6.67. The number of hydrogen-bond acceptors (Lipinski definition) is 1. The SMILES string of the molecule is CCc1ccc(C[C](C)N)cc1CC. The number of benzene rings is 1. The molecule has 0 saturated carbocycles. The van der Waals surface area contributed by atoms with Gasteiger partial charge in [0.05, 0.1) is 0 Å². The van der Waals surface area contributed by atoms with Crippen LogP contribution in [-0.2, 0) is 19.3 Å². The molecule has 1 radical (unpaired) electrons. The van der Waals surface area contributed by atoms with Gasteiger partial charge in [0.15, 0.2) is 0 Å². The van der Waals surface area contributed by atoms with Crippen LogP contribution in [0.4, 0.5) is 0 Å². The van der Waals surface area contributed by atoms with E-state index in [-0.39, 0.29) is 0 Å². The molecule has 0 aliphatic rings. The molecule has 14 heavy (non-hydrogen) atoms. The van der Waals surface area contributed by atoms with Gasteiger partial charge in [-0.3, -0.25) is 0 Å². The Morgan fingerprint density at radius 3 is 2.29 bits per heavy atom. The molecule has 1 nitrogen and oxygen atoms in total. The lowest BCUT2D eigenvalue weighted by atomic mass is 9.97. The van der Waals surface area contributed by atoms with Gasteiger partial charge in [-0.05, 0) is 42.9 Å². The molecule has 0 saturated heterocycles. The highest BCUT2D eigenvalue weighted by atomic mass is 14.6. The van der Waals surface area contributed by atoms with Crippen LogP contribution in [0.5, 0.6) is 0 Å². The fourth-order valence-corrected chi connectivity index (χ4v) is 1.79. The second-order valence-electron chi connectivity index (χ2n) is 3.83. The van der Waals surface area contributed by atoms with Gasteiger partial charge in [0.2, 0.25) is 0 Å². The van der Waals surface area contributed by atoms with Crippen LogP contribution in [0.3, 0.4) is 0 Å². The van der Waals surface area contributed by atoms with E-state index >= 15 is 0 Å². The van der Waals surface area contributed by atoms with Crippen molar-refractivity contribution in [3.63, 3.8) is 0 Å². The number of nitrogens with two attached hydrogens (primary N) is 1. The maximum atomic E-state index is 5.70. The van der Waals surface area contributed by atoms with E-state index in [1.54, 1.807) is 0 Å². The topological polar surface area (TPSA) is 26.0 Å². The Bertz CT molecular complexity index is 289. The molecule has 1 rings (SSSR count). The Morgan fingerprint density at radius 2 is 1.79 bits per heavy atom. The Labute approximate surface area is 87.3 Å². The maximum Gasteiger partial charge on any atom is 0.0349 e. The first-order valence-electron chi connectivity index (χ1n) is 5.36. The number of rotatable bonds is 4. The van der Waals surface area contributed by atoms with Crippen molar-refractivity contribution < 1.29 is 0 Å². The molecular formula is C13H20N. The van der Waals surface area contributed by atoms with Crippen molar-refractivity contribution in [3.8, 4) is 0 Å². The standard InChI is InChI=1S/C13H20N/c1-4-12-7-6-11(8-10(3)14)9-13(12)5-2/h6-7,9H,4-5,8,14H2,1-3H3. The van der Waals surface area contributed by atoms with Gasteiger partial charge >= 0.3 is 0 Å². The van der Waals surface area contributed by atoms with Crippen molar-refractivity contribution in [1.82, 2.24) is 0 Å². The summed E-state index contributed by atoms with van der Waals surface area (Å²) in [7, 11) is 0. The van der Waals surface area contributed by atoms with Crippen molar-refractivity contribution in [1.29, 1.82) is 0 Å². The van der Waals surface area contributed by atoms with E-state index in [0.717, 1.165) is 25.3 Å². The minimum absolute atomic E-state index is 0.900. The summed E-state index contributed by atoms with van der Waals surface area (Å²) in [6.07, 6.45) is 3.13. The predicted octanol–water partition coefficient (Wildman–Crippen LogP) is 2.86. The zero-order valence-electron chi connectivity index (χ0n) is 9.43. The quantitative estimate of drug-likeness (QED) is 0.776. The van der Waals surface area contributed by atoms with Gasteiger partial charge in [0, 0.05) is 6.04 Å². The first kappa shape index (κ1) is 11.3. The molecule has 0 spiro atoms. The van der Waals surface area contributed by atoms with Crippen molar-refractivity contribution in [3.05, 3.63) is 40.9 Å². The second kappa shape index (κ2) is 5.16. The minimum atomic E-state index is 0.900. The van der Waals surface area contributed by atoms with Gasteiger partial charge in [-0.2, -0.15) is 0 Å². The number of hydrogen-bond donors (Lipinski definition) is 1. The third-order valence-electron chi connectivity index (χ3n) is 2.52. The lowest BCUT2D eigenvalue weighted by molar-refractivity contribution is 0.912. The molecule has 0 aliphatic heterocycles. The molecule has 0 atom stereocenters. The van der Waals surface area contributed by atoms with Crippen LogP contribution in [0.15, 0.2) is 18.2 Å². The molecule has 1 heteroatoms. The van der Waals surface area contributed by atoms with Crippen LogP contribution >= 0.6 is 0 Å². The Morgan fingerprint density at radius 1 is 1.14 bits per heavy atom. The third-order valence-corrected chi connectivity index (χ3v) is 2.52. The van der Waals surface area contributed by atoms with E-state index in [1.807, 2.05) is 6.92 Å². The van der Waals surface area contributed by atoms with E-state index in [9.17, 15) is 0 Å². The smallest absolute Gasteiger partial charge is 0.0349 e. The molecule has 1 aromatic carbocycles. The molecule has 0 aromatic heterocycles. The van der Waals surface area contributed by atoms with Gasteiger partial charge in [0.1, 0.15) is 0 Å². The zero-order valence-corrected chi connectivity index (χ0v) is 9.43. The van der Waals surface area contributed by atoms with E-state index in [2.05, 4.69) is 32.0 Å². The van der Waals surface area contributed by atoms with Crippen molar-refractivity contribution in [2.75, 3.05) is 0 Å². The summed E-state index contributed by atoms with van der Waals surface area (Å²) in [5, 5.41) is 0. The Balaban J connectivity index is 2.89. The van der Waals surface area contributed by atoms with Gasteiger partial charge in [-0.1, -0.05) is 32.0 Å². The molecule has 0 heterocycles. The summed E-state index contributed by atoms with van der Waals surface area (Å²) in [6, 6.07) is 7.69. The Hall–Kier alpha value is -0.820. The van der Waals surface area contributed by atoms with Crippen molar-refractivity contribution >= 4 is 0 Å². The summed E-state index contributed by atoms with van der Waals surface area (Å²) < 4.78 is 0. The molecule has 0 fully saturated rings. The van der Waals surface area contributed by atoms with Crippen LogP contribution in [0, 0.1) is 6.04 Å². The highest BCUT2D eigenvalue weighted by molar-refractivity contribution is 5.33. The van der Waals surface area contributed by atoms with Gasteiger partial charge in [-0.25, -0.2) is 0 Å². The molecule has 0 aliphatic carbocycles.